The van der Waals surface area contributed by atoms with Crippen LogP contribution >= 0.6 is 0 Å². The number of ether oxygens (including phenoxy) is 3. The second kappa shape index (κ2) is 44.5. The Kier molecular flexibility index (Phi) is 43.2. The Morgan fingerprint density at radius 3 is 0.875 bits per heavy atom. The fourth-order valence-electron chi connectivity index (χ4n) is 7.51. The van der Waals surface area contributed by atoms with Crippen molar-refractivity contribution in [3.8, 4) is 0 Å². The SMILES string of the molecule is CCCCCCCCCCCCCCCCCCCC(=O)OC[C@H](COC(=O)CCCCCCCCCCCC)OC(=O)CCCCCCCCCCC(C)C. The molecule has 0 aromatic carbocycles. The zero-order chi connectivity index (χ0) is 41.0. The van der Waals surface area contributed by atoms with Crippen LogP contribution in [0.3, 0.4) is 0 Å². The van der Waals surface area contributed by atoms with Crippen LogP contribution in [0.15, 0.2) is 0 Å². The van der Waals surface area contributed by atoms with E-state index >= 15 is 0 Å². The van der Waals surface area contributed by atoms with E-state index in [2.05, 4.69) is 27.7 Å². The van der Waals surface area contributed by atoms with Gasteiger partial charge in [-0.3, -0.25) is 14.4 Å². The maximum atomic E-state index is 12.7. The molecule has 56 heavy (non-hydrogen) atoms. The molecular formula is C50H96O6. The van der Waals surface area contributed by atoms with Crippen molar-refractivity contribution in [1.82, 2.24) is 0 Å². The normalized spacial score (nSPS) is 11.9. The Morgan fingerprint density at radius 2 is 0.589 bits per heavy atom. The molecule has 0 aliphatic heterocycles. The molecule has 0 amide bonds. The maximum Gasteiger partial charge on any atom is 0.306 e. The fraction of sp³-hybridized carbons (Fsp3) is 0.940. The molecule has 0 N–H and O–H groups in total. The van der Waals surface area contributed by atoms with E-state index in [1.54, 1.807) is 0 Å². The molecule has 332 valence electrons. The minimum absolute atomic E-state index is 0.0636. The lowest BCUT2D eigenvalue weighted by atomic mass is 10.0. The van der Waals surface area contributed by atoms with Gasteiger partial charge < -0.3 is 14.2 Å². The molecule has 0 saturated heterocycles. The molecule has 0 unspecified atom stereocenters. The molecule has 0 fully saturated rings. The topological polar surface area (TPSA) is 78.9 Å². The Bertz CT molecular complexity index is 841. The first-order chi connectivity index (χ1) is 27.4. The molecule has 0 spiro atoms. The van der Waals surface area contributed by atoms with Crippen LogP contribution in [0, 0.1) is 5.92 Å². The van der Waals surface area contributed by atoms with Crippen molar-refractivity contribution < 1.29 is 28.6 Å². The van der Waals surface area contributed by atoms with Crippen LogP contribution in [-0.2, 0) is 28.6 Å². The molecule has 0 aromatic heterocycles. The number of rotatable bonds is 45. The first kappa shape index (κ1) is 54.4. The summed E-state index contributed by atoms with van der Waals surface area (Å²) in [6, 6.07) is 0. The second-order valence-corrected chi connectivity index (χ2v) is 17.6. The van der Waals surface area contributed by atoms with Gasteiger partial charge in [0.05, 0.1) is 0 Å². The summed E-state index contributed by atoms with van der Waals surface area (Å²) in [7, 11) is 0. The van der Waals surface area contributed by atoms with Crippen LogP contribution < -0.4 is 0 Å². The molecule has 0 bridgehead atoms. The van der Waals surface area contributed by atoms with Gasteiger partial charge >= 0.3 is 17.9 Å². The van der Waals surface area contributed by atoms with Crippen molar-refractivity contribution in [2.24, 2.45) is 5.92 Å². The van der Waals surface area contributed by atoms with Crippen LogP contribution in [0.4, 0.5) is 0 Å². The van der Waals surface area contributed by atoms with Gasteiger partial charge in [-0.05, 0) is 25.2 Å². The highest BCUT2D eigenvalue weighted by atomic mass is 16.6. The number of carbonyl (C=O) groups is 3. The highest BCUT2D eigenvalue weighted by Crippen LogP contribution is 2.17. The number of hydrogen-bond donors (Lipinski definition) is 0. The molecule has 0 aliphatic rings. The summed E-state index contributed by atoms with van der Waals surface area (Å²) in [4.78, 5) is 37.8. The number of esters is 3. The Balaban J connectivity index is 4.25. The van der Waals surface area contributed by atoms with Crippen molar-refractivity contribution in [1.29, 1.82) is 0 Å². The molecular weight excluding hydrogens is 697 g/mol. The molecule has 0 aliphatic carbocycles. The third kappa shape index (κ3) is 43.5. The third-order valence-corrected chi connectivity index (χ3v) is 11.3. The van der Waals surface area contributed by atoms with E-state index in [1.165, 1.54) is 173 Å². The summed E-state index contributed by atoms with van der Waals surface area (Å²) in [5, 5.41) is 0. The molecule has 0 rings (SSSR count). The van der Waals surface area contributed by atoms with E-state index in [0.717, 1.165) is 63.7 Å². The molecule has 1 atom stereocenters. The Labute approximate surface area is 348 Å². The first-order valence-electron chi connectivity index (χ1n) is 24.9. The summed E-state index contributed by atoms with van der Waals surface area (Å²) < 4.78 is 16.7. The average Bonchev–Trinajstić information content (AvgIpc) is 3.18. The smallest absolute Gasteiger partial charge is 0.306 e. The minimum Gasteiger partial charge on any atom is -0.462 e. The predicted molar refractivity (Wildman–Crippen MR) is 238 cm³/mol. The van der Waals surface area contributed by atoms with Gasteiger partial charge in [0.25, 0.3) is 0 Å². The van der Waals surface area contributed by atoms with Gasteiger partial charge in [-0.2, -0.15) is 0 Å². The van der Waals surface area contributed by atoms with E-state index in [9.17, 15) is 14.4 Å². The lowest BCUT2D eigenvalue weighted by molar-refractivity contribution is -0.167. The largest absolute Gasteiger partial charge is 0.462 e. The van der Waals surface area contributed by atoms with Gasteiger partial charge in [0.2, 0.25) is 0 Å². The molecule has 6 heteroatoms. The summed E-state index contributed by atoms with van der Waals surface area (Å²) in [6.45, 7) is 8.97. The van der Waals surface area contributed by atoms with Gasteiger partial charge in [-0.15, -0.1) is 0 Å². The summed E-state index contributed by atoms with van der Waals surface area (Å²) in [6.07, 6.45) is 45.2. The van der Waals surface area contributed by atoms with Crippen LogP contribution in [-0.4, -0.2) is 37.2 Å². The van der Waals surface area contributed by atoms with Gasteiger partial charge in [-0.25, -0.2) is 0 Å². The van der Waals surface area contributed by atoms with Crippen molar-refractivity contribution in [2.45, 2.75) is 284 Å². The molecule has 0 heterocycles. The van der Waals surface area contributed by atoms with Gasteiger partial charge in [-0.1, -0.05) is 240 Å². The lowest BCUT2D eigenvalue weighted by Crippen LogP contribution is -2.30. The summed E-state index contributed by atoms with van der Waals surface area (Å²) in [5.74, 6) is -0.0579. The van der Waals surface area contributed by atoms with Crippen LogP contribution in [0.1, 0.15) is 278 Å². The van der Waals surface area contributed by atoms with Crippen LogP contribution in [0.25, 0.3) is 0 Å². The van der Waals surface area contributed by atoms with Crippen LogP contribution in [0.5, 0.6) is 0 Å². The lowest BCUT2D eigenvalue weighted by Gasteiger charge is -2.18. The average molecular weight is 793 g/mol. The minimum atomic E-state index is -0.760. The summed E-state index contributed by atoms with van der Waals surface area (Å²) in [5.41, 5.74) is 0. The van der Waals surface area contributed by atoms with E-state index in [0.29, 0.717) is 19.3 Å². The second-order valence-electron chi connectivity index (χ2n) is 17.6. The van der Waals surface area contributed by atoms with Gasteiger partial charge in [0.15, 0.2) is 6.10 Å². The number of hydrogen-bond acceptors (Lipinski definition) is 6. The van der Waals surface area contributed by atoms with Crippen LogP contribution in [0.2, 0.25) is 0 Å². The molecule has 0 saturated carbocycles. The maximum absolute atomic E-state index is 12.7. The zero-order valence-corrected chi connectivity index (χ0v) is 38.1. The third-order valence-electron chi connectivity index (χ3n) is 11.3. The molecule has 0 radical (unpaired) electrons. The number of unbranched alkanes of at least 4 members (excludes halogenated alkanes) is 32. The van der Waals surface area contributed by atoms with E-state index in [4.69, 9.17) is 14.2 Å². The first-order valence-corrected chi connectivity index (χ1v) is 24.9. The molecule has 6 nitrogen and oxygen atoms in total. The highest BCUT2D eigenvalue weighted by molar-refractivity contribution is 5.71. The number of carbonyl (C=O) groups excluding carboxylic acids is 3. The highest BCUT2D eigenvalue weighted by Gasteiger charge is 2.19. The quantitative estimate of drug-likeness (QED) is 0.0347. The Morgan fingerprint density at radius 1 is 0.339 bits per heavy atom. The van der Waals surface area contributed by atoms with E-state index in [1.807, 2.05) is 0 Å². The molecule has 0 aromatic rings. The summed E-state index contributed by atoms with van der Waals surface area (Å²) >= 11 is 0. The van der Waals surface area contributed by atoms with Crippen molar-refractivity contribution >= 4 is 17.9 Å². The Hall–Kier alpha value is -1.59. The van der Waals surface area contributed by atoms with Gasteiger partial charge in [0, 0.05) is 19.3 Å². The van der Waals surface area contributed by atoms with Crippen molar-refractivity contribution in [2.75, 3.05) is 13.2 Å². The van der Waals surface area contributed by atoms with Crippen molar-refractivity contribution in [3.63, 3.8) is 0 Å². The van der Waals surface area contributed by atoms with E-state index in [-0.39, 0.29) is 31.1 Å². The monoisotopic (exact) mass is 793 g/mol. The fourth-order valence-corrected chi connectivity index (χ4v) is 7.51. The van der Waals surface area contributed by atoms with E-state index < -0.39 is 6.10 Å². The predicted octanol–water partition coefficient (Wildman–Crippen LogP) is 15.9. The van der Waals surface area contributed by atoms with Gasteiger partial charge in [0.1, 0.15) is 13.2 Å². The zero-order valence-electron chi connectivity index (χ0n) is 38.1. The standard InChI is InChI=1S/C50H96O6/c1-5-7-9-11-13-15-17-18-19-20-21-22-23-25-30-34-38-42-49(52)55-45-47(44-54-48(51)41-37-33-29-24-16-14-12-10-8-6-2)56-50(53)43-39-35-31-27-26-28-32-36-40-46(3)4/h46-47H,5-45H2,1-4H3/t47-/m0/s1. The van der Waals surface area contributed by atoms with Crippen molar-refractivity contribution in [3.05, 3.63) is 0 Å².